The van der Waals surface area contributed by atoms with Crippen molar-refractivity contribution in [2.24, 2.45) is 0 Å². The molecule has 1 saturated heterocycles. The van der Waals surface area contributed by atoms with Crippen LogP contribution < -0.4 is 5.32 Å². The van der Waals surface area contributed by atoms with Crippen LogP contribution in [0.5, 0.6) is 0 Å². The quantitative estimate of drug-likeness (QED) is 0.626. The van der Waals surface area contributed by atoms with E-state index >= 15 is 0 Å². The normalized spacial score (nSPS) is 15.4. The van der Waals surface area contributed by atoms with Gasteiger partial charge in [0.15, 0.2) is 5.76 Å². The van der Waals surface area contributed by atoms with E-state index in [-0.39, 0.29) is 5.91 Å². The largest absolute Gasteiger partial charge is 0.360 e. The highest BCUT2D eigenvalue weighted by atomic mass is 32.1. The standard InChI is InChI=1S/C22H27N5O2S/c1-16-3-5-18(6-4-16)23-21(28)12-22-24-19(15-30-22)13-26-7-9-27(10-8-26)14-20-11-17(2)25-29-20/h3-6,11,15H,7-10,12-14H2,1-2H3,(H,23,28). The van der Waals surface area contributed by atoms with Gasteiger partial charge in [-0.25, -0.2) is 4.98 Å². The van der Waals surface area contributed by atoms with Crippen molar-refractivity contribution in [1.82, 2.24) is 19.9 Å². The van der Waals surface area contributed by atoms with E-state index in [1.807, 2.05) is 44.2 Å². The predicted octanol–water partition coefficient (Wildman–Crippen LogP) is 3.25. The number of anilines is 1. The molecule has 0 spiro atoms. The monoisotopic (exact) mass is 425 g/mol. The van der Waals surface area contributed by atoms with Gasteiger partial charge >= 0.3 is 0 Å². The fraction of sp³-hybridized carbons (Fsp3) is 0.409. The van der Waals surface area contributed by atoms with Gasteiger partial charge in [0, 0.05) is 49.9 Å². The Balaban J connectivity index is 1.22. The lowest BCUT2D eigenvalue weighted by Crippen LogP contribution is -2.45. The lowest BCUT2D eigenvalue weighted by molar-refractivity contribution is -0.115. The van der Waals surface area contributed by atoms with Crippen molar-refractivity contribution in [2.45, 2.75) is 33.4 Å². The van der Waals surface area contributed by atoms with E-state index in [2.05, 4.69) is 30.6 Å². The van der Waals surface area contributed by atoms with Crippen molar-refractivity contribution in [3.8, 4) is 0 Å². The van der Waals surface area contributed by atoms with Gasteiger partial charge in [-0.2, -0.15) is 0 Å². The Morgan fingerprint density at radius 3 is 2.47 bits per heavy atom. The summed E-state index contributed by atoms with van der Waals surface area (Å²) in [7, 11) is 0. The van der Waals surface area contributed by atoms with Crippen LogP contribution in [-0.4, -0.2) is 52.0 Å². The molecule has 0 saturated carbocycles. The molecule has 1 amide bonds. The molecular weight excluding hydrogens is 398 g/mol. The van der Waals surface area contributed by atoms with Gasteiger partial charge in [0.25, 0.3) is 0 Å². The molecule has 7 nitrogen and oxygen atoms in total. The summed E-state index contributed by atoms with van der Waals surface area (Å²) < 4.78 is 5.32. The Morgan fingerprint density at radius 2 is 1.80 bits per heavy atom. The van der Waals surface area contributed by atoms with Crippen LogP contribution in [0.2, 0.25) is 0 Å². The Bertz CT molecular complexity index is 974. The van der Waals surface area contributed by atoms with E-state index in [1.165, 1.54) is 5.56 Å². The number of piperazine rings is 1. The van der Waals surface area contributed by atoms with E-state index in [0.29, 0.717) is 6.42 Å². The van der Waals surface area contributed by atoms with Gasteiger partial charge in [0.1, 0.15) is 5.01 Å². The van der Waals surface area contributed by atoms with Gasteiger partial charge < -0.3 is 9.84 Å². The molecule has 0 unspecified atom stereocenters. The summed E-state index contributed by atoms with van der Waals surface area (Å²) in [6.07, 6.45) is 0.308. The van der Waals surface area contributed by atoms with Gasteiger partial charge in [-0.3, -0.25) is 14.6 Å². The molecule has 1 N–H and O–H groups in total. The zero-order chi connectivity index (χ0) is 20.9. The number of aryl methyl sites for hydroxylation is 2. The van der Waals surface area contributed by atoms with Gasteiger partial charge in [-0.05, 0) is 26.0 Å². The van der Waals surface area contributed by atoms with Gasteiger partial charge in [0.05, 0.1) is 24.4 Å². The highest BCUT2D eigenvalue weighted by molar-refractivity contribution is 7.09. The van der Waals surface area contributed by atoms with Crippen molar-refractivity contribution < 1.29 is 9.32 Å². The topological polar surface area (TPSA) is 74.5 Å². The van der Waals surface area contributed by atoms with Gasteiger partial charge in [0.2, 0.25) is 5.91 Å². The molecule has 1 aromatic carbocycles. The average molecular weight is 426 g/mol. The van der Waals surface area contributed by atoms with E-state index in [9.17, 15) is 4.79 Å². The number of carbonyl (C=O) groups is 1. The zero-order valence-electron chi connectivity index (χ0n) is 17.4. The van der Waals surface area contributed by atoms with Crippen LogP contribution in [-0.2, 0) is 24.3 Å². The van der Waals surface area contributed by atoms with Gasteiger partial charge in [-0.15, -0.1) is 11.3 Å². The molecule has 1 aliphatic rings. The Labute approximate surface area is 180 Å². The lowest BCUT2D eigenvalue weighted by atomic mass is 10.2. The minimum Gasteiger partial charge on any atom is -0.360 e. The second-order valence-electron chi connectivity index (χ2n) is 7.81. The van der Waals surface area contributed by atoms with Crippen molar-refractivity contribution in [2.75, 3.05) is 31.5 Å². The van der Waals surface area contributed by atoms with E-state index in [4.69, 9.17) is 4.52 Å². The van der Waals surface area contributed by atoms with Crippen molar-refractivity contribution in [3.63, 3.8) is 0 Å². The maximum absolute atomic E-state index is 12.3. The molecule has 158 valence electrons. The fourth-order valence-corrected chi connectivity index (χ4v) is 4.31. The summed E-state index contributed by atoms with van der Waals surface area (Å²) in [4.78, 5) is 21.7. The molecule has 3 heterocycles. The van der Waals surface area contributed by atoms with E-state index in [0.717, 1.165) is 67.1 Å². The molecule has 0 atom stereocenters. The first-order valence-corrected chi connectivity index (χ1v) is 11.1. The molecule has 1 aliphatic heterocycles. The van der Waals surface area contributed by atoms with Crippen molar-refractivity contribution in [1.29, 1.82) is 0 Å². The van der Waals surface area contributed by atoms with E-state index in [1.54, 1.807) is 11.3 Å². The number of nitrogens with one attached hydrogen (secondary N) is 1. The highest BCUT2D eigenvalue weighted by Crippen LogP contribution is 2.16. The van der Waals surface area contributed by atoms with E-state index < -0.39 is 0 Å². The minimum absolute atomic E-state index is 0.0315. The molecule has 3 aromatic rings. The second kappa shape index (κ2) is 9.51. The summed E-state index contributed by atoms with van der Waals surface area (Å²) in [6.45, 7) is 9.59. The summed E-state index contributed by atoms with van der Waals surface area (Å²) in [5, 5.41) is 9.81. The summed E-state index contributed by atoms with van der Waals surface area (Å²) in [6, 6.07) is 9.82. The summed E-state index contributed by atoms with van der Waals surface area (Å²) in [5.41, 5.74) is 3.96. The van der Waals surface area contributed by atoms with Crippen LogP contribution in [0.1, 0.15) is 27.7 Å². The summed E-state index contributed by atoms with van der Waals surface area (Å²) >= 11 is 1.56. The number of nitrogens with zero attached hydrogens (tertiary/aromatic N) is 4. The van der Waals surface area contributed by atoms with Crippen LogP contribution in [0.25, 0.3) is 0 Å². The maximum atomic E-state index is 12.3. The number of aromatic nitrogens is 2. The number of hydrogen-bond donors (Lipinski definition) is 1. The highest BCUT2D eigenvalue weighted by Gasteiger charge is 2.19. The number of hydrogen-bond acceptors (Lipinski definition) is 7. The second-order valence-corrected chi connectivity index (χ2v) is 8.75. The average Bonchev–Trinajstić information content (AvgIpc) is 3.33. The number of rotatable bonds is 7. The van der Waals surface area contributed by atoms with Crippen molar-refractivity contribution >= 4 is 22.9 Å². The third-order valence-electron chi connectivity index (χ3n) is 5.15. The number of amides is 1. The fourth-order valence-electron chi connectivity index (χ4n) is 3.53. The Hall–Kier alpha value is -2.55. The van der Waals surface area contributed by atoms with Crippen LogP contribution >= 0.6 is 11.3 Å². The molecule has 0 bridgehead atoms. The molecule has 30 heavy (non-hydrogen) atoms. The molecule has 2 aromatic heterocycles. The van der Waals surface area contributed by atoms with Crippen LogP contribution in [0, 0.1) is 13.8 Å². The molecular formula is C22H27N5O2S. The first kappa shape index (κ1) is 20.7. The first-order valence-electron chi connectivity index (χ1n) is 10.2. The molecule has 1 fully saturated rings. The predicted molar refractivity (Wildman–Crippen MR) is 117 cm³/mol. The third-order valence-corrected chi connectivity index (χ3v) is 6.05. The third kappa shape index (κ3) is 5.75. The molecule has 0 aliphatic carbocycles. The summed E-state index contributed by atoms with van der Waals surface area (Å²) in [5.74, 6) is 0.894. The lowest BCUT2D eigenvalue weighted by Gasteiger charge is -2.33. The number of thiazole rings is 1. The van der Waals surface area contributed by atoms with Crippen LogP contribution in [0.3, 0.4) is 0 Å². The first-order chi connectivity index (χ1) is 14.5. The Kier molecular flexibility index (Phi) is 6.56. The number of carbonyl (C=O) groups excluding carboxylic acids is 1. The molecule has 0 radical (unpaired) electrons. The Morgan fingerprint density at radius 1 is 1.10 bits per heavy atom. The smallest absolute Gasteiger partial charge is 0.231 e. The number of benzene rings is 1. The molecule has 4 rings (SSSR count). The van der Waals surface area contributed by atoms with Gasteiger partial charge in [-0.1, -0.05) is 22.9 Å². The van der Waals surface area contributed by atoms with Crippen LogP contribution in [0.4, 0.5) is 5.69 Å². The SMILES string of the molecule is Cc1ccc(NC(=O)Cc2nc(CN3CCN(Cc4cc(C)no4)CC3)cs2)cc1. The zero-order valence-corrected chi connectivity index (χ0v) is 18.2. The van der Waals surface area contributed by atoms with Crippen molar-refractivity contribution in [3.05, 3.63) is 63.4 Å². The molecule has 8 heteroatoms. The maximum Gasteiger partial charge on any atom is 0.231 e. The van der Waals surface area contributed by atoms with Crippen LogP contribution in [0.15, 0.2) is 40.2 Å². The minimum atomic E-state index is -0.0315.